The molecule has 4 aromatic rings. The first kappa shape index (κ1) is 23.7. The van der Waals surface area contributed by atoms with Crippen LogP contribution in [0.4, 0.5) is 24.8 Å². The minimum absolute atomic E-state index is 0.189. The van der Waals surface area contributed by atoms with E-state index in [4.69, 9.17) is 15.5 Å². The van der Waals surface area contributed by atoms with Gasteiger partial charge in [-0.15, -0.1) is 0 Å². The van der Waals surface area contributed by atoms with Gasteiger partial charge in [0.15, 0.2) is 0 Å². The summed E-state index contributed by atoms with van der Waals surface area (Å²) in [6.45, 7) is 3.54. The fourth-order valence-electron chi connectivity index (χ4n) is 4.04. The number of hydrogen-bond donors (Lipinski definition) is 2. The predicted octanol–water partition coefficient (Wildman–Crippen LogP) is 3.48. The first-order valence-corrected chi connectivity index (χ1v) is 11.2. The Morgan fingerprint density at radius 2 is 1.83 bits per heavy atom. The highest BCUT2D eigenvalue weighted by Gasteiger charge is 2.31. The molecule has 4 heterocycles. The number of amides is 1. The maximum Gasteiger partial charge on any atom is 0.416 e. The van der Waals surface area contributed by atoms with Gasteiger partial charge in [0.05, 0.1) is 25.3 Å². The molecule has 0 bridgehead atoms. The average Bonchev–Trinajstić information content (AvgIpc) is 3.24. The number of nitrogen functional groups attached to an aromatic ring is 1. The SMILES string of the molecule is Nc1nccn2c(CN3CCOCC3)nc(-c3ccc(C(=O)Nc4cc(C(F)(F)F)ccn4)cc3)c12. The summed E-state index contributed by atoms with van der Waals surface area (Å²) < 4.78 is 46.1. The number of ether oxygens (including phenoxy) is 1. The maximum atomic E-state index is 12.9. The average molecular weight is 497 g/mol. The molecule has 9 nitrogen and oxygen atoms in total. The van der Waals surface area contributed by atoms with Gasteiger partial charge >= 0.3 is 6.18 Å². The Morgan fingerprint density at radius 3 is 2.56 bits per heavy atom. The van der Waals surface area contributed by atoms with Crippen molar-refractivity contribution >= 4 is 23.1 Å². The minimum atomic E-state index is -4.53. The Kier molecular flexibility index (Phi) is 6.29. The van der Waals surface area contributed by atoms with E-state index in [0.717, 1.165) is 37.2 Å². The highest BCUT2D eigenvalue weighted by atomic mass is 19.4. The van der Waals surface area contributed by atoms with Crippen LogP contribution in [-0.4, -0.2) is 56.5 Å². The zero-order chi connectivity index (χ0) is 25.3. The Balaban J connectivity index is 1.40. The van der Waals surface area contributed by atoms with Crippen molar-refractivity contribution in [1.82, 2.24) is 24.3 Å². The number of halogens is 3. The number of carbonyl (C=O) groups excluding carboxylic acids is 1. The molecule has 0 radical (unpaired) electrons. The summed E-state index contributed by atoms with van der Waals surface area (Å²) in [5.41, 5.74) is 7.54. The zero-order valence-electron chi connectivity index (χ0n) is 19.0. The van der Waals surface area contributed by atoms with Gasteiger partial charge in [-0.25, -0.2) is 15.0 Å². The summed E-state index contributed by atoms with van der Waals surface area (Å²) in [6.07, 6.45) is -0.110. The summed E-state index contributed by atoms with van der Waals surface area (Å²) in [6, 6.07) is 8.18. The summed E-state index contributed by atoms with van der Waals surface area (Å²) in [4.78, 5) is 27.7. The van der Waals surface area contributed by atoms with Crippen LogP contribution in [-0.2, 0) is 17.5 Å². The van der Waals surface area contributed by atoms with Crippen LogP contribution in [0.5, 0.6) is 0 Å². The van der Waals surface area contributed by atoms with Crippen molar-refractivity contribution in [3.8, 4) is 11.3 Å². The number of morpholine rings is 1. The fraction of sp³-hybridized carbons (Fsp3) is 0.250. The molecule has 186 valence electrons. The lowest BCUT2D eigenvalue weighted by Crippen LogP contribution is -2.36. The third-order valence-electron chi connectivity index (χ3n) is 5.87. The Morgan fingerprint density at radius 1 is 1.08 bits per heavy atom. The van der Waals surface area contributed by atoms with E-state index in [1.165, 1.54) is 0 Å². The number of alkyl halides is 3. The quantitative estimate of drug-likeness (QED) is 0.434. The van der Waals surface area contributed by atoms with Gasteiger partial charge in [-0.05, 0) is 24.3 Å². The van der Waals surface area contributed by atoms with Crippen LogP contribution in [0.2, 0.25) is 0 Å². The van der Waals surface area contributed by atoms with E-state index in [-0.39, 0.29) is 11.4 Å². The van der Waals surface area contributed by atoms with E-state index in [2.05, 4.69) is 20.2 Å². The third kappa shape index (κ3) is 4.86. The largest absolute Gasteiger partial charge is 0.416 e. The van der Waals surface area contributed by atoms with Crippen molar-refractivity contribution < 1.29 is 22.7 Å². The molecule has 1 aromatic carbocycles. The summed E-state index contributed by atoms with van der Waals surface area (Å²) in [5.74, 6) is 0.349. The standard InChI is InChI=1S/C24H22F3N7O2/c25-24(26,27)17-5-6-29-18(13-17)31-23(35)16-3-1-15(2-4-16)20-21-22(28)30-7-8-34(21)19(32-20)14-33-9-11-36-12-10-33/h1-8,13H,9-12,14H2,(H2,28,30)(H,29,31,35). The Bertz CT molecular complexity index is 1400. The number of carbonyl (C=O) groups is 1. The van der Waals surface area contributed by atoms with E-state index in [1.807, 2.05) is 10.6 Å². The van der Waals surface area contributed by atoms with Crippen molar-refractivity contribution in [3.05, 3.63) is 71.9 Å². The summed E-state index contributed by atoms with van der Waals surface area (Å²) >= 11 is 0. The molecule has 0 spiro atoms. The number of nitrogens with zero attached hydrogens (tertiary/aromatic N) is 5. The topological polar surface area (TPSA) is 111 Å². The number of aromatic nitrogens is 4. The van der Waals surface area contributed by atoms with Crippen molar-refractivity contribution in [1.29, 1.82) is 0 Å². The molecule has 36 heavy (non-hydrogen) atoms. The molecular weight excluding hydrogens is 475 g/mol. The van der Waals surface area contributed by atoms with Crippen LogP contribution < -0.4 is 11.1 Å². The van der Waals surface area contributed by atoms with Gasteiger partial charge < -0.3 is 15.8 Å². The van der Waals surface area contributed by atoms with E-state index >= 15 is 0 Å². The van der Waals surface area contributed by atoms with Crippen LogP contribution in [0.1, 0.15) is 21.7 Å². The molecule has 3 aromatic heterocycles. The molecule has 0 unspecified atom stereocenters. The van der Waals surface area contributed by atoms with Crippen LogP contribution in [0.15, 0.2) is 55.0 Å². The van der Waals surface area contributed by atoms with Crippen LogP contribution in [0, 0.1) is 0 Å². The van der Waals surface area contributed by atoms with Gasteiger partial charge in [-0.2, -0.15) is 13.2 Å². The van der Waals surface area contributed by atoms with E-state index in [1.54, 1.807) is 30.5 Å². The summed E-state index contributed by atoms with van der Waals surface area (Å²) in [7, 11) is 0. The minimum Gasteiger partial charge on any atom is -0.382 e. The van der Waals surface area contributed by atoms with Crippen LogP contribution >= 0.6 is 0 Å². The second-order valence-corrected chi connectivity index (χ2v) is 8.26. The first-order chi connectivity index (χ1) is 17.3. The number of imidazole rings is 1. The Hall–Kier alpha value is -4.03. The molecule has 0 aliphatic carbocycles. The first-order valence-electron chi connectivity index (χ1n) is 11.2. The molecule has 1 saturated heterocycles. The van der Waals surface area contributed by atoms with E-state index in [9.17, 15) is 18.0 Å². The van der Waals surface area contributed by atoms with Crippen LogP contribution in [0.25, 0.3) is 16.8 Å². The molecule has 0 saturated carbocycles. The lowest BCUT2D eigenvalue weighted by molar-refractivity contribution is -0.137. The number of nitrogens with one attached hydrogen (secondary N) is 1. The smallest absolute Gasteiger partial charge is 0.382 e. The number of pyridine rings is 1. The molecule has 1 fully saturated rings. The lowest BCUT2D eigenvalue weighted by atomic mass is 10.1. The number of rotatable bonds is 5. The third-order valence-corrected chi connectivity index (χ3v) is 5.87. The van der Waals surface area contributed by atoms with Crippen molar-refractivity contribution in [2.75, 3.05) is 37.4 Å². The van der Waals surface area contributed by atoms with Gasteiger partial charge in [-0.3, -0.25) is 14.1 Å². The van der Waals surface area contributed by atoms with E-state index < -0.39 is 17.6 Å². The molecule has 1 aliphatic rings. The van der Waals surface area contributed by atoms with Crippen molar-refractivity contribution in [2.45, 2.75) is 12.7 Å². The molecule has 1 aliphatic heterocycles. The second-order valence-electron chi connectivity index (χ2n) is 8.26. The van der Waals surface area contributed by atoms with Crippen LogP contribution in [0.3, 0.4) is 0 Å². The van der Waals surface area contributed by atoms with Gasteiger partial charge in [0, 0.05) is 42.8 Å². The monoisotopic (exact) mass is 497 g/mol. The highest BCUT2D eigenvalue weighted by Crippen LogP contribution is 2.31. The molecule has 1 amide bonds. The van der Waals surface area contributed by atoms with Gasteiger partial charge in [-0.1, -0.05) is 12.1 Å². The Labute approximate surface area is 203 Å². The maximum absolute atomic E-state index is 12.9. The molecular formula is C24H22F3N7O2. The normalized spacial score (nSPS) is 14.8. The van der Waals surface area contributed by atoms with Gasteiger partial charge in [0.25, 0.3) is 5.91 Å². The van der Waals surface area contributed by atoms with Crippen molar-refractivity contribution in [3.63, 3.8) is 0 Å². The molecule has 5 rings (SSSR count). The molecule has 12 heteroatoms. The molecule has 3 N–H and O–H groups in total. The predicted molar refractivity (Wildman–Crippen MR) is 126 cm³/mol. The van der Waals surface area contributed by atoms with Crippen molar-refractivity contribution in [2.24, 2.45) is 0 Å². The zero-order valence-corrected chi connectivity index (χ0v) is 19.0. The van der Waals surface area contributed by atoms with Gasteiger partial charge in [0.2, 0.25) is 0 Å². The number of hydrogen-bond acceptors (Lipinski definition) is 7. The number of benzene rings is 1. The number of fused-ring (bicyclic) bond motifs is 1. The number of anilines is 2. The summed E-state index contributed by atoms with van der Waals surface area (Å²) in [5, 5.41) is 2.40. The molecule has 0 atom stereocenters. The second kappa shape index (κ2) is 9.55. The fourth-order valence-corrected chi connectivity index (χ4v) is 4.04. The van der Waals surface area contributed by atoms with E-state index in [0.29, 0.717) is 42.4 Å². The number of nitrogens with two attached hydrogens (primary N) is 1. The van der Waals surface area contributed by atoms with Gasteiger partial charge in [0.1, 0.15) is 28.7 Å². The highest BCUT2D eigenvalue weighted by molar-refractivity contribution is 6.04. The lowest BCUT2D eigenvalue weighted by Gasteiger charge is -2.25.